The number of nitrogens with zero attached hydrogens (tertiary/aromatic N) is 1. The van der Waals surface area contributed by atoms with Gasteiger partial charge in [0.15, 0.2) is 0 Å². The van der Waals surface area contributed by atoms with Crippen molar-refractivity contribution in [1.29, 1.82) is 0 Å². The number of aryl methyl sites for hydroxylation is 2. The number of hydrogen-bond acceptors (Lipinski definition) is 2. The SMILES string of the molecule is CCCCSN(C)C(=O)Nc1ccc(C)c(C)c1. The molecule has 0 saturated carbocycles. The van der Waals surface area contributed by atoms with E-state index in [1.165, 1.54) is 11.1 Å². The van der Waals surface area contributed by atoms with E-state index in [2.05, 4.69) is 19.2 Å². The molecular formula is C14H22N2OS. The Kier molecular flexibility index (Phi) is 6.05. The standard InChI is InChI=1S/C14H22N2OS/c1-5-6-9-18-16(4)14(17)15-13-8-7-11(2)12(3)10-13/h7-8,10H,5-6,9H2,1-4H3,(H,15,17). The number of unbranched alkanes of at least 4 members (excludes halogenated alkanes) is 1. The molecule has 1 aromatic carbocycles. The van der Waals surface area contributed by atoms with Gasteiger partial charge in [-0.15, -0.1) is 0 Å². The summed E-state index contributed by atoms with van der Waals surface area (Å²) in [5, 5.41) is 2.90. The molecule has 0 fully saturated rings. The van der Waals surface area contributed by atoms with Crippen LogP contribution in [0.3, 0.4) is 0 Å². The molecule has 18 heavy (non-hydrogen) atoms. The average molecular weight is 266 g/mol. The third-order valence-electron chi connectivity index (χ3n) is 2.83. The first-order valence-electron chi connectivity index (χ1n) is 6.29. The molecule has 0 aliphatic carbocycles. The second-order valence-corrected chi connectivity index (χ2v) is 5.63. The van der Waals surface area contributed by atoms with Crippen LogP contribution < -0.4 is 5.32 Å². The van der Waals surface area contributed by atoms with Crippen LogP contribution in [0.4, 0.5) is 10.5 Å². The number of carbonyl (C=O) groups is 1. The van der Waals surface area contributed by atoms with Crippen molar-refractivity contribution in [3.05, 3.63) is 29.3 Å². The van der Waals surface area contributed by atoms with Gasteiger partial charge >= 0.3 is 6.03 Å². The smallest absolute Gasteiger partial charge is 0.307 e. The summed E-state index contributed by atoms with van der Waals surface area (Å²) in [4.78, 5) is 11.9. The van der Waals surface area contributed by atoms with Crippen LogP contribution in [0.2, 0.25) is 0 Å². The summed E-state index contributed by atoms with van der Waals surface area (Å²) in [6.45, 7) is 6.26. The molecule has 0 bridgehead atoms. The Bertz CT molecular complexity index is 407. The minimum absolute atomic E-state index is 0.0700. The van der Waals surface area contributed by atoms with Crippen LogP contribution in [0.25, 0.3) is 0 Å². The normalized spacial score (nSPS) is 10.2. The van der Waals surface area contributed by atoms with Crippen molar-refractivity contribution in [2.45, 2.75) is 33.6 Å². The molecule has 0 aromatic heterocycles. The van der Waals surface area contributed by atoms with Crippen molar-refractivity contribution < 1.29 is 4.79 Å². The Balaban J connectivity index is 2.50. The molecule has 2 amide bonds. The van der Waals surface area contributed by atoms with Gasteiger partial charge in [0.05, 0.1) is 0 Å². The first kappa shape index (κ1) is 14.9. The van der Waals surface area contributed by atoms with Crippen LogP contribution in [-0.2, 0) is 0 Å². The predicted octanol–water partition coefficient (Wildman–Crippen LogP) is 4.22. The van der Waals surface area contributed by atoms with Crippen LogP contribution >= 0.6 is 11.9 Å². The maximum atomic E-state index is 11.9. The summed E-state index contributed by atoms with van der Waals surface area (Å²) < 4.78 is 1.66. The molecular weight excluding hydrogens is 244 g/mol. The molecule has 0 unspecified atom stereocenters. The van der Waals surface area contributed by atoms with Gasteiger partial charge in [0.25, 0.3) is 0 Å². The van der Waals surface area contributed by atoms with E-state index in [-0.39, 0.29) is 6.03 Å². The molecule has 1 N–H and O–H groups in total. The molecule has 0 spiro atoms. The van der Waals surface area contributed by atoms with Crippen LogP contribution in [0.15, 0.2) is 18.2 Å². The van der Waals surface area contributed by atoms with Crippen molar-refractivity contribution in [3.8, 4) is 0 Å². The lowest BCUT2D eigenvalue weighted by atomic mass is 10.1. The molecule has 1 rings (SSSR count). The topological polar surface area (TPSA) is 32.3 Å². The zero-order chi connectivity index (χ0) is 13.5. The molecule has 0 heterocycles. The Labute approximate surface area is 114 Å². The van der Waals surface area contributed by atoms with Crippen LogP contribution in [0.1, 0.15) is 30.9 Å². The van der Waals surface area contributed by atoms with Crippen LogP contribution in [0, 0.1) is 13.8 Å². The molecule has 0 atom stereocenters. The number of carbonyl (C=O) groups excluding carboxylic acids is 1. The Hall–Kier alpha value is -1.16. The van der Waals surface area contributed by atoms with Crippen molar-refractivity contribution in [2.24, 2.45) is 0 Å². The Morgan fingerprint density at radius 2 is 2.06 bits per heavy atom. The minimum Gasteiger partial charge on any atom is -0.307 e. The molecule has 0 saturated heterocycles. The number of nitrogens with one attached hydrogen (secondary N) is 1. The molecule has 0 aliphatic rings. The highest BCUT2D eigenvalue weighted by Crippen LogP contribution is 2.16. The van der Waals surface area contributed by atoms with Gasteiger partial charge in [-0.3, -0.25) is 4.31 Å². The fraction of sp³-hybridized carbons (Fsp3) is 0.500. The molecule has 4 heteroatoms. The van der Waals surface area contributed by atoms with Gasteiger partial charge in [-0.2, -0.15) is 0 Å². The van der Waals surface area contributed by atoms with Crippen molar-refractivity contribution in [1.82, 2.24) is 4.31 Å². The highest BCUT2D eigenvalue weighted by molar-refractivity contribution is 7.97. The van der Waals surface area contributed by atoms with E-state index in [0.29, 0.717) is 0 Å². The number of anilines is 1. The average Bonchev–Trinajstić information content (AvgIpc) is 2.34. The predicted molar refractivity (Wildman–Crippen MR) is 80.1 cm³/mol. The number of hydrogen-bond donors (Lipinski definition) is 1. The van der Waals surface area contributed by atoms with E-state index in [1.807, 2.05) is 25.1 Å². The lowest BCUT2D eigenvalue weighted by Gasteiger charge is -2.17. The van der Waals surface area contributed by atoms with E-state index in [9.17, 15) is 4.79 Å². The fourth-order valence-electron chi connectivity index (χ4n) is 1.43. The van der Waals surface area contributed by atoms with E-state index < -0.39 is 0 Å². The summed E-state index contributed by atoms with van der Waals surface area (Å²) in [6.07, 6.45) is 2.28. The van der Waals surface area contributed by atoms with Crippen molar-refractivity contribution in [2.75, 3.05) is 18.1 Å². The minimum atomic E-state index is -0.0700. The van der Waals surface area contributed by atoms with Gasteiger partial charge in [-0.25, -0.2) is 4.79 Å². The Morgan fingerprint density at radius 1 is 1.33 bits per heavy atom. The number of benzene rings is 1. The molecule has 100 valence electrons. The highest BCUT2D eigenvalue weighted by Gasteiger charge is 2.09. The van der Waals surface area contributed by atoms with Crippen LogP contribution in [0.5, 0.6) is 0 Å². The first-order valence-corrected chi connectivity index (χ1v) is 7.23. The maximum Gasteiger partial charge on any atom is 0.331 e. The second-order valence-electron chi connectivity index (χ2n) is 4.41. The van der Waals surface area contributed by atoms with E-state index in [0.717, 1.165) is 24.3 Å². The lowest BCUT2D eigenvalue weighted by molar-refractivity contribution is 0.243. The van der Waals surface area contributed by atoms with Gasteiger partial charge in [0.1, 0.15) is 0 Å². The molecule has 0 radical (unpaired) electrons. The summed E-state index contributed by atoms with van der Waals surface area (Å²) in [5.41, 5.74) is 3.28. The molecule has 3 nitrogen and oxygen atoms in total. The van der Waals surface area contributed by atoms with Gasteiger partial charge in [-0.05, 0) is 55.5 Å². The zero-order valence-electron chi connectivity index (χ0n) is 11.6. The summed E-state index contributed by atoms with van der Waals surface area (Å²) >= 11 is 1.56. The largest absolute Gasteiger partial charge is 0.331 e. The second kappa shape index (κ2) is 7.31. The summed E-state index contributed by atoms with van der Waals surface area (Å²) in [6, 6.07) is 5.89. The number of urea groups is 1. The quantitative estimate of drug-likeness (QED) is 0.639. The van der Waals surface area contributed by atoms with E-state index >= 15 is 0 Å². The lowest BCUT2D eigenvalue weighted by Crippen LogP contribution is -2.26. The summed E-state index contributed by atoms with van der Waals surface area (Å²) in [5.74, 6) is 0.980. The third kappa shape index (κ3) is 4.61. The van der Waals surface area contributed by atoms with Crippen LogP contribution in [-0.4, -0.2) is 23.1 Å². The van der Waals surface area contributed by atoms with E-state index in [1.54, 1.807) is 23.3 Å². The first-order chi connectivity index (χ1) is 8.54. The van der Waals surface area contributed by atoms with Gasteiger partial charge in [0, 0.05) is 18.5 Å². The molecule has 0 aliphatic heterocycles. The van der Waals surface area contributed by atoms with Gasteiger partial charge in [0.2, 0.25) is 0 Å². The number of rotatable bonds is 5. The van der Waals surface area contributed by atoms with Crippen molar-refractivity contribution in [3.63, 3.8) is 0 Å². The summed E-state index contributed by atoms with van der Waals surface area (Å²) in [7, 11) is 1.80. The maximum absolute atomic E-state index is 11.9. The molecule has 1 aromatic rings. The van der Waals surface area contributed by atoms with Crippen molar-refractivity contribution >= 4 is 23.7 Å². The monoisotopic (exact) mass is 266 g/mol. The fourth-order valence-corrected chi connectivity index (χ4v) is 2.28. The van der Waals surface area contributed by atoms with Gasteiger partial charge in [-0.1, -0.05) is 19.4 Å². The van der Waals surface area contributed by atoms with Gasteiger partial charge < -0.3 is 5.32 Å². The third-order valence-corrected chi connectivity index (χ3v) is 3.85. The number of amides is 2. The highest BCUT2D eigenvalue weighted by atomic mass is 32.2. The Morgan fingerprint density at radius 3 is 2.67 bits per heavy atom. The zero-order valence-corrected chi connectivity index (χ0v) is 12.4. The van der Waals surface area contributed by atoms with E-state index in [4.69, 9.17) is 0 Å².